The zero-order chi connectivity index (χ0) is 22.6. The molecule has 168 valence electrons. The van der Waals surface area contributed by atoms with Crippen LogP contribution in [0.1, 0.15) is 53.9 Å². The minimum absolute atomic E-state index is 0.240. The summed E-state index contributed by atoms with van der Waals surface area (Å²) >= 11 is 1.39. The van der Waals surface area contributed by atoms with E-state index >= 15 is 0 Å². The molecule has 0 fully saturated rings. The number of benzene rings is 1. The second-order valence-electron chi connectivity index (χ2n) is 7.44. The van der Waals surface area contributed by atoms with Gasteiger partial charge in [-0.3, -0.25) is 9.10 Å². The number of hydrogen-bond donors (Lipinski definition) is 1. The average Bonchev–Trinajstić information content (AvgIpc) is 3.09. The van der Waals surface area contributed by atoms with Crippen LogP contribution in [0.4, 0.5) is 10.7 Å². The third kappa shape index (κ3) is 5.10. The van der Waals surface area contributed by atoms with Crippen molar-refractivity contribution in [2.45, 2.75) is 52.0 Å². The molecule has 1 heterocycles. The van der Waals surface area contributed by atoms with Gasteiger partial charge in [0.25, 0.3) is 0 Å². The van der Waals surface area contributed by atoms with Crippen LogP contribution in [0.15, 0.2) is 30.3 Å². The van der Waals surface area contributed by atoms with E-state index in [1.807, 2.05) is 0 Å². The van der Waals surface area contributed by atoms with Crippen molar-refractivity contribution < 1.29 is 22.7 Å². The summed E-state index contributed by atoms with van der Waals surface area (Å²) in [6.45, 7) is 3.74. The summed E-state index contributed by atoms with van der Waals surface area (Å²) in [6.07, 6.45) is 5.01. The largest absolute Gasteiger partial charge is 0.462 e. The number of carbonyl (C=O) groups excluding carboxylic acids is 2. The highest BCUT2D eigenvalue weighted by Crippen LogP contribution is 2.39. The molecule has 0 bridgehead atoms. The lowest BCUT2D eigenvalue weighted by Gasteiger charge is -2.30. The van der Waals surface area contributed by atoms with E-state index in [-0.39, 0.29) is 13.0 Å². The van der Waals surface area contributed by atoms with Gasteiger partial charge in [0.1, 0.15) is 11.0 Å². The molecule has 1 aromatic heterocycles. The van der Waals surface area contributed by atoms with Crippen LogP contribution in [0.5, 0.6) is 0 Å². The molecule has 9 heteroatoms. The van der Waals surface area contributed by atoms with Crippen molar-refractivity contribution in [2.75, 3.05) is 22.5 Å². The Kier molecular flexibility index (Phi) is 7.38. The fourth-order valence-electron chi connectivity index (χ4n) is 3.90. The van der Waals surface area contributed by atoms with Crippen molar-refractivity contribution in [2.24, 2.45) is 0 Å². The minimum Gasteiger partial charge on any atom is -0.462 e. The first-order valence-electron chi connectivity index (χ1n) is 10.4. The minimum atomic E-state index is -3.72. The molecule has 31 heavy (non-hydrogen) atoms. The number of esters is 1. The lowest BCUT2D eigenvalue weighted by atomic mass is 9.95. The summed E-state index contributed by atoms with van der Waals surface area (Å²) < 4.78 is 31.5. The Bertz CT molecular complexity index is 1050. The van der Waals surface area contributed by atoms with Gasteiger partial charge in [-0.25, -0.2) is 13.2 Å². The molecule has 3 rings (SSSR count). The van der Waals surface area contributed by atoms with Crippen molar-refractivity contribution in [1.82, 2.24) is 0 Å². The number of aryl methyl sites for hydroxylation is 1. The first-order valence-corrected chi connectivity index (χ1v) is 13.1. The van der Waals surface area contributed by atoms with Crippen LogP contribution >= 0.6 is 11.3 Å². The molecule has 0 saturated carbocycles. The molecule has 0 aliphatic heterocycles. The zero-order valence-corrected chi connectivity index (χ0v) is 19.6. The molecule has 7 nitrogen and oxygen atoms in total. The molecule has 1 N–H and O–H groups in total. The van der Waals surface area contributed by atoms with Crippen LogP contribution < -0.4 is 9.62 Å². The molecule has 2 aromatic rings. The molecule has 1 unspecified atom stereocenters. The number of rotatable bonds is 8. The molecule has 0 radical (unpaired) electrons. The van der Waals surface area contributed by atoms with E-state index in [0.717, 1.165) is 46.7 Å². The quantitative estimate of drug-likeness (QED) is 0.597. The van der Waals surface area contributed by atoms with Gasteiger partial charge >= 0.3 is 5.97 Å². The zero-order valence-electron chi connectivity index (χ0n) is 18.0. The highest BCUT2D eigenvalue weighted by atomic mass is 32.2. The first-order chi connectivity index (χ1) is 14.8. The van der Waals surface area contributed by atoms with Crippen LogP contribution in [0.2, 0.25) is 0 Å². The summed E-state index contributed by atoms with van der Waals surface area (Å²) in [5, 5.41) is 3.29. The van der Waals surface area contributed by atoms with Crippen LogP contribution in [0.25, 0.3) is 0 Å². The summed E-state index contributed by atoms with van der Waals surface area (Å²) in [5.74, 6) is -0.922. The number of nitrogens with one attached hydrogen (secondary N) is 1. The summed E-state index contributed by atoms with van der Waals surface area (Å²) in [7, 11) is -3.72. The van der Waals surface area contributed by atoms with Crippen LogP contribution in [0.3, 0.4) is 0 Å². The van der Waals surface area contributed by atoms with Gasteiger partial charge < -0.3 is 10.1 Å². The summed E-state index contributed by atoms with van der Waals surface area (Å²) in [6, 6.07) is 7.60. The number of hydrogen-bond acceptors (Lipinski definition) is 6. The Hall–Kier alpha value is -2.39. The molecule has 1 aliphatic rings. The van der Waals surface area contributed by atoms with Gasteiger partial charge in [-0.15, -0.1) is 11.3 Å². The van der Waals surface area contributed by atoms with Crippen LogP contribution in [-0.4, -0.2) is 39.2 Å². The Balaban J connectivity index is 1.97. The van der Waals surface area contributed by atoms with E-state index in [2.05, 4.69) is 5.32 Å². The molecular formula is C22H28N2O5S2. The topological polar surface area (TPSA) is 92.8 Å². The van der Waals surface area contributed by atoms with E-state index < -0.39 is 27.9 Å². The third-order valence-electron chi connectivity index (χ3n) is 5.23. The maximum absolute atomic E-state index is 13.3. The van der Waals surface area contributed by atoms with Crippen molar-refractivity contribution >= 4 is 43.9 Å². The molecular weight excluding hydrogens is 436 g/mol. The van der Waals surface area contributed by atoms with Gasteiger partial charge in [-0.2, -0.15) is 0 Å². The van der Waals surface area contributed by atoms with Gasteiger partial charge in [-0.1, -0.05) is 25.1 Å². The first kappa shape index (κ1) is 23.3. The monoisotopic (exact) mass is 464 g/mol. The number of para-hydroxylation sites is 1. The second kappa shape index (κ2) is 9.82. The molecule has 1 atom stereocenters. The standard InChI is InChI=1S/C22H28N2O5S2/c1-4-17(24(31(3,27)28)15-11-7-6-8-12-15)20(25)23-21-19(22(26)29-5-2)16-13-9-10-14-18(16)30-21/h6-8,11-12,17H,4-5,9-10,13-14H2,1-3H3,(H,23,25). The summed E-state index contributed by atoms with van der Waals surface area (Å²) in [4.78, 5) is 27.0. The van der Waals surface area contributed by atoms with Gasteiger partial charge in [0.05, 0.1) is 24.1 Å². The van der Waals surface area contributed by atoms with Crippen molar-refractivity contribution in [1.29, 1.82) is 0 Å². The normalized spacial score (nSPS) is 14.4. The number of fused-ring (bicyclic) bond motifs is 1. The smallest absolute Gasteiger partial charge is 0.341 e. The maximum atomic E-state index is 13.3. The maximum Gasteiger partial charge on any atom is 0.341 e. The van der Waals surface area contributed by atoms with Crippen LogP contribution in [0, 0.1) is 0 Å². The van der Waals surface area contributed by atoms with E-state index in [1.165, 1.54) is 11.3 Å². The molecule has 0 spiro atoms. The van der Waals surface area contributed by atoms with Crippen molar-refractivity contribution in [3.8, 4) is 0 Å². The van der Waals surface area contributed by atoms with Crippen molar-refractivity contribution in [3.63, 3.8) is 0 Å². The number of thiophene rings is 1. The Morgan fingerprint density at radius 2 is 1.84 bits per heavy atom. The van der Waals surface area contributed by atoms with Gasteiger partial charge in [0.2, 0.25) is 15.9 Å². The molecule has 1 aromatic carbocycles. The molecule has 0 saturated heterocycles. The Labute approximate surface area is 187 Å². The van der Waals surface area contributed by atoms with Gasteiger partial charge in [0.15, 0.2) is 0 Å². The Morgan fingerprint density at radius 1 is 1.16 bits per heavy atom. The van der Waals surface area contributed by atoms with E-state index in [1.54, 1.807) is 44.2 Å². The number of sulfonamides is 1. The fourth-order valence-corrected chi connectivity index (χ4v) is 6.40. The third-order valence-corrected chi connectivity index (χ3v) is 7.62. The lowest BCUT2D eigenvalue weighted by molar-refractivity contribution is -0.117. The predicted octanol–water partition coefficient (Wildman–Crippen LogP) is 3.99. The highest BCUT2D eigenvalue weighted by molar-refractivity contribution is 7.92. The summed E-state index contributed by atoms with van der Waals surface area (Å²) in [5.41, 5.74) is 1.78. The van der Waals surface area contributed by atoms with Gasteiger partial charge in [0, 0.05) is 4.88 Å². The fraction of sp³-hybridized carbons (Fsp3) is 0.455. The van der Waals surface area contributed by atoms with E-state index in [9.17, 15) is 18.0 Å². The van der Waals surface area contributed by atoms with E-state index in [4.69, 9.17) is 4.74 Å². The van der Waals surface area contributed by atoms with Crippen molar-refractivity contribution in [3.05, 3.63) is 46.3 Å². The molecule has 1 aliphatic carbocycles. The average molecular weight is 465 g/mol. The highest BCUT2D eigenvalue weighted by Gasteiger charge is 2.34. The SMILES string of the molecule is CCOC(=O)c1c(NC(=O)C(CC)N(c2ccccc2)S(C)(=O)=O)sc2c1CCCC2. The number of ether oxygens (including phenoxy) is 1. The number of nitrogens with zero attached hydrogens (tertiary/aromatic N) is 1. The molecule has 1 amide bonds. The number of amides is 1. The van der Waals surface area contributed by atoms with Crippen LogP contribution in [-0.2, 0) is 32.4 Å². The lowest BCUT2D eigenvalue weighted by Crippen LogP contribution is -2.47. The Morgan fingerprint density at radius 3 is 2.45 bits per heavy atom. The van der Waals surface area contributed by atoms with E-state index in [0.29, 0.717) is 16.3 Å². The number of carbonyl (C=O) groups is 2. The predicted molar refractivity (Wildman–Crippen MR) is 123 cm³/mol. The number of anilines is 2. The van der Waals surface area contributed by atoms with Gasteiger partial charge in [-0.05, 0) is 56.7 Å². The second-order valence-corrected chi connectivity index (χ2v) is 10.4.